The molecule has 13 heavy (non-hydrogen) atoms. The first-order chi connectivity index (χ1) is 6.36. The summed E-state index contributed by atoms with van der Waals surface area (Å²) in [5, 5.41) is 3.38. The lowest BCUT2D eigenvalue weighted by Crippen LogP contribution is -2.31. The van der Waals surface area contributed by atoms with Crippen LogP contribution in [0.5, 0.6) is 0 Å². The van der Waals surface area contributed by atoms with E-state index in [4.69, 9.17) is 6.42 Å². The molecule has 0 saturated heterocycles. The van der Waals surface area contributed by atoms with Gasteiger partial charge in [0.15, 0.2) is 0 Å². The minimum atomic E-state index is 0.768. The number of rotatable bonds is 4. The number of terminal acetylenes is 1. The van der Waals surface area contributed by atoms with Crippen LogP contribution in [0.25, 0.3) is 0 Å². The Labute approximate surface area is 82.3 Å². The Balaban J connectivity index is 2.15. The molecule has 1 fully saturated rings. The van der Waals surface area contributed by atoms with Gasteiger partial charge in [-0.2, -0.15) is 0 Å². The van der Waals surface area contributed by atoms with Crippen LogP contribution in [0.3, 0.4) is 0 Å². The molecule has 0 aromatic carbocycles. The Morgan fingerprint density at radius 2 is 2.31 bits per heavy atom. The van der Waals surface area contributed by atoms with E-state index in [0.29, 0.717) is 0 Å². The third-order valence-electron chi connectivity index (χ3n) is 3.12. The van der Waals surface area contributed by atoms with E-state index in [2.05, 4.69) is 18.3 Å². The van der Waals surface area contributed by atoms with Crippen molar-refractivity contribution in [2.75, 3.05) is 7.05 Å². The van der Waals surface area contributed by atoms with Crippen molar-refractivity contribution in [3.05, 3.63) is 0 Å². The second-order valence-electron chi connectivity index (χ2n) is 4.11. The monoisotopic (exact) mass is 179 g/mol. The van der Waals surface area contributed by atoms with E-state index in [1.165, 1.54) is 38.5 Å². The van der Waals surface area contributed by atoms with Crippen molar-refractivity contribution in [2.45, 2.75) is 51.0 Å². The normalized spacial score (nSPS) is 28.3. The summed E-state index contributed by atoms with van der Waals surface area (Å²) < 4.78 is 0. The van der Waals surface area contributed by atoms with Crippen LogP contribution >= 0.6 is 0 Å². The van der Waals surface area contributed by atoms with E-state index in [1.54, 1.807) is 0 Å². The molecule has 74 valence electrons. The Hall–Kier alpha value is -0.480. The number of nitrogens with one attached hydrogen (secondary N) is 1. The van der Waals surface area contributed by atoms with Gasteiger partial charge in [-0.25, -0.2) is 0 Å². The molecule has 2 unspecified atom stereocenters. The molecule has 0 aromatic rings. The van der Waals surface area contributed by atoms with Crippen molar-refractivity contribution in [3.63, 3.8) is 0 Å². The van der Waals surface area contributed by atoms with Crippen LogP contribution in [-0.2, 0) is 0 Å². The Morgan fingerprint density at radius 3 is 3.00 bits per heavy atom. The molecule has 2 atom stereocenters. The lowest BCUT2D eigenvalue weighted by atomic mass is 9.83. The van der Waals surface area contributed by atoms with Crippen LogP contribution in [0.2, 0.25) is 0 Å². The summed E-state index contributed by atoms with van der Waals surface area (Å²) in [6, 6.07) is 0.768. The van der Waals surface area contributed by atoms with Gasteiger partial charge in [0.25, 0.3) is 0 Å². The molecule has 0 bridgehead atoms. The Kier molecular flexibility index (Phi) is 4.93. The molecule has 1 heteroatoms. The maximum atomic E-state index is 5.24. The minimum absolute atomic E-state index is 0.768. The summed E-state index contributed by atoms with van der Waals surface area (Å²) in [5.74, 6) is 3.65. The highest BCUT2D eigenvalue weighted by atomic mass is 14.9. The number of unbranched alkanes of at least 4 members (excludes halogenated alkanes) is 1. The van der Waals surface area contributed by atoms with Gasteiger partial charge in [-0.1, -0.05) is 12.8 Å². The molecule has 0 aliphatic heterocycles. The first-order valence-electron chi connectivity index (χ1n) is 5.47. The standard InChI is InChI=1S/C12H21N/c1-3-4-5-7-11-8-6-9-12(10-11)13-2/h1,11-13H,4-10H2,2H3. The van der Waals surface area contributed by atoms with Crippen LogP contribution < -0.4 is 5.32 Å². The Morgan fingerprint density at radius 1 is 1.46 bits per heavy atom. The average Bonchev–Trinajstić information content (AvgIpc) is 2.19. The molecule has 0 amide bonds. The third-order valence-corrected chi connectivity index (χ3v) is 3.12. The molecule has 0 radical (unpaired) electrons. The minimum Gasteiger partial charge on any atom is -0.317 e. The molecule has 1 aliphatic rings. The summed E-state index contributed by atoms with van der Waals surface area (Å²) >= 11 is 0. The van der Waals surface area contributed by atoms with E-state index in [0.717, 1.165) is 18.4 Å². The van der Waals surface area contributed by atoms with Crippen LogP contribution in [-0.4, -0.2) is 13.1 Å². The molecular formula is C12H21N. The molecule has 1 nitrogen and oxygen atoms in total. The van der Waals surface area contributed by atoms with Crippen molar-refractivity contribution >= 4 is 0 Å². The van der Waals surface area contributed by atoms with E-state index < -0.39 is 0 Å². The molecule has 1 N–H and O–H groups in total. The average molecular weight is 179 g/mol. The van der Waals surface area contributed by atoms with E-state index in [-0.39, 0.29) is 0 Å². The second kappa shape index (κ2) is 6.05. The highest BCUT2D eigenvalue weighted by molar-refractivity contribution is 4.84. The van der Waals surface area contributed by atoms with Crippen LogP contribution in [0.1, 0.15) is 44.9 Å². The largest absolute Gasteiger partial charge is 0.317 e. The van der Waals surface area contributed by atoms with Crippen molar-refractivity contribution in [1.82, 2.24) is 5.32 Å². The van der Waals surface area contributed by atoms with E-state index >= 15 is 0 Å². The van der Waals surface area contributed by atoms with Gasteiger partial charge in [-0.05, 0) is 38.6 Å². The number of hydrogen-bond donors (Lipinski definition) is 1. The van der Waals surface area contributed by atoms with Gasteiger partial charge < -0.3 is 5.32 Å². The van der Waals surface area contributed by atoms with Gasteiger partial charge in [-0.15, -0.1) is 12.3 Å². The zero-order valence-electron chi connectivity index (χ0n) is 8.68. The molecule has 0 aromatic heterocycles. The zero-order valence-corrected chi connectivity index (χ0v) is 8.68. The molecule has 1 rings (SSSR count). The van der Waals surface area contributed by atoms with Crippen LogP contribution in [0, 0.1) is 18.3 Å². The van der Waals surface area contributed by atoms with Gasteiger partial charge in [-0.3, -0.25) is 0 Å². The summed E-state index contributed by atoms with van der Waals surface area (Å²) in [6.07, 6.45) is 14.3. The summed E-state index contributed by atoms with van der Waals surface area (Å²) in [6.45, 7) is 0. The predicted molar refractivity (Wildman–Crippen MR) is 57.5 cm³/mol. The van der Waals surface area contributed by atoms with Crippen molar-refractivity contribution in [2.24, 2.45) is 5.92 Å². The lowest BCUT2D eigenvalue weighted by Gasteiger charge is -2.28. The van der Waals surface area contributed by atoms with Gasteiger partial charge in [0.05, 0.1) is 0 Å². The predicted octanol–water partition coefficient (Wildman–Crippen LogP) is 2.57. The van der Waals surface area contributed by atoms with Crippen molar-refractivity contribution < 1.29 is 0 Å². The second-order valence-corrected chi connectivity index (χ2v) is 4.11. The van der Waals surface area contributed by atoms with Crippen molar-refractivity contribution in [3.8, 4) is 12.3 Å². The smallest absolute Gasteiger partial charge is 0.00861 e. The van der Waals surface area contributed by atoms with Crippen LogP contribution in [0.15, 0.2) is 0 Å². The fourth-order valence-electron chi connectivity index (χ4n) is 2.31. The first-order valence-corrected chi connectivity index (χ1v) is 5.47. The highest BCUT2D eigenvalue weighted by Crippen LogP contribution is 2.27. The fraction of sp³-hybridized carbons (Fsp3) is 0.833. The zero-order chi connectivity index (χ0) is 9.52. The van der Waals surface area contributed by atoms with E-state index in [9.17, 15) is 0 Å². The summed E-state index contributed by atoms with van der Waals surface area (Å²) in [7, 11) is 2.08. The SMILES string of the molecule is C#CCCCC1CCCC(NC)C1. The molecule has 0 spiro atoms. The maximum Gasteiger partial charge on any atom is 0.00861 e. The van der Waals surface area contributed by atoms with Gasteiger partial charge in [0, 0.05) is 12.5 Å². The molecule has 1 aliphatic carbocycles. The van der Waals surface area contributed by atoms with Crippen LogP contribution in [0.4, 0.5) is 0 Å². The maximum absolute atomic E-state index is 5.24. The lowest BCUT2D eigenvalue weighted by molar-refractivity contribution is 0.279. The van der Waals surface area contributed by atoms with E-state index in [1.807, 2.05) is 0 Å². The quantitative estimate of drug-likeness (QED) is 0.516. The summed E-state index contributed by atoms with van der Waals surface area (Å²) in [4.78, 5) is 0. The molecule has 0 heterocycles. The molecular weight excluding hydrogens is 158 g/mol. The van der Waals surface area contributed by atoms with Gasteiger partial charge in [0.1, 0.15) is 0 Å². The van der Waals surface area contributed by atoms with Gasteiger partial charge >= 0.3 is 0 Å². The first kappa shape index (κ1) is 10.6. The van der Waals surface area contributed by atoms with Crippen molar-refractivity contribution in [1.29, 1.82) is 0 Å². The molecule has 1 saturated carbocycles. The highest BCUT2D eigenvalue weighted by Gasteiger charge is 2.19. The fourth-order valence-corrected chi connectivity index (χ4v) is 2.31. The topological polar surface area (TPSA) is 12.0 Å². The number of hydrogen-bond acceptors (Lipinski definition) is 1. The third kappa shape index (κ3) is 3.83. The summed E-state index contributed by atoms with van der Waals surface area (Å²) in [5.41, 5.74) is 0. The van der Waals surface area contributed by atoms with Gasteiger partial charge in [0.2, 0.25) is 0 Å². The Bertz CT molecular complexity index is 168.